The number of allylic oxidation sites excluding steroid dienone is 1. The van der Waals surface area contributed by atoms with E-state index >= 15 is 0 Å². The van der Waals surface area contributed by atoms with E-state index < -0.39 is 16.6 Å². The summed E-state index contributed by atoms with van der Waals surface area (Å²) < 4.78 is 14.0. The molecular weight excluding hydrogens is 473 g/mol. The van der Waals surface area contributed by atoms with Gasteiger partial charge in [-0.05, 0) is 109 Å². The van der Waals surface area contributed by atoms with Crippen molar-refractivity contribution in [2.75, 3.05) is 13.2 Å². The molecule has 0 spiro atoms. The third-order valence-electron chi connectivity index (χ3n) is 12.6. The first-order chi connectivity index (χ1) is 16.3. The maximum Gasteiger partial charge on any atom is 0.191 e. The molecule has 3 fully saturated rings. The lowest BCUT2D eigenvalue weighted by atomic mass is 9.49. The highest BCUT2D eigenvalue weighted by atomic mass is 28.4. The molecule has 0 aromatic rings. The van der Waals surface area contributed by atoms with Crippen LogP contribution in [0, 0.1) is 34.5 Å². The predicted octanol–water partition coefficient (Wildman–Crippen LogP) is 10.2. The van der Waals surface area contributed by atoms with Crippen molar-refractivity contribution in [3.05, 3.63) is 12.2 Å². The molecule has 0 saturated heterocycles. The van der Waals surface area contributed by atoms with Crippen LogP contribution in [0.5, 0.6) is 0 Å². The molecule has 0 aliphatic heterocycles. The molecule has 3 rings (SSSR count). The summed E-state index contributed by atoms with van der Waals surface area (Å²) in [5, 5.41) is 0.530. The molecule has 36 heavy (non-hydrogen) atoms. The maximum atomic E-state index is 7.07. The van der Waals surface area contributed by atoms with E-state index in [-0.39, 0.29) is 10.1 Å². The average Bonchev–Trinajstić information content (AvgIpc) is 3.04. The second-order valence-corrected chi connectivity index (χ2v) is 26.2. The van der Waals surface area contributed by atoms with Crippen LogP contribution in [0.4, 0.5) is 0 Å². The van der Waals surface area contributed by atoms with Crippen LogP contribution >= 0.6 is 0 Å². The Labute approximate surface area is 228 Å². The summed E-state index contributed by atoms with van der Waals surface area (Å²) in [5.74, 6) is 2.79. The van der Waals surface area contributed by atoms with Gasteiger partial charge in [-0.15, -0.1) is 0 Å². The van der Waals surface area contributed by atoms with E-state index in [2.05, 4.69) is 88.2 Å². The molecule has 2 nitrogen and oxygen atoms in total. The fourth-order valence-corrected chi connectivity index (χ4v) is 9.58. The van der Waals surface area contributed by atoms with E-state index in [1.54, 1.807) is 0 Å². The van der Waals surface area contributed by atoms with E-state index in [0.29, 0.717) is 22.7 Å². The fourth-order valence-electron chi connectivity index (χ4n) is 7.48. The van der Waals surface area contributed by atoms with Crippen LogP contribution in [0.3, 0.4) is 0 Å². The SMILES string of the molecule is C=C1CC[C@H]2[C@H](CO[Si](C)(C)C(C)(C)C)[C@@H]([C@@]3(C)CCCC[C@@H]3CO[Si](C)(C)C(C)(C)C)CC[C@]12C. The third kappa shape index (κ3) is 5.68. The molecule has 0 amide bonds. The normalized spacial score (nSPS) is 36.7. The van der Waals surface area contributed by atoms with Gasteiger partial charge in [-0.1, -0.05) is 80.4 Å². The minimum Gasteiger partial charge on any atom is -0.417 e. The molecular formula is C32H62O2Si2. The molecule has 4 heteroatoms. The van der Waals surface area contributed by atoms with Gasteiger partial charge in [0, 0.05) is 13.2 Å². The smallest absolute Gasteiger partial charge is 0.191 e. The highest BCUT2D eigenvalue weighted by Gasteiger charge is 2.57. The second kappa shape index (κ2) is 10.2. The lowest BCUT2D eigenvalue weighted by molar-refractivity contribution is -0.0830. The molecule has 6 atom stereocenters. The van der Waals surface area contributed by atoms with Crippen molar-refractivity contribution in [3.63, 3.8) is 0 Å². The quantitative estimate of drug-likeness (QED) is 0.239. The predicted molar refractivity (Wildman–Crippen MR) is 163 cm³/mol. The topological polar surface area (TPSA) is 18.5 Å². The molecule has 210 valence electrons. The number of hydrogen-bond acceptors (Lipinski definition) is 2. The van der Waals surface area contributed by atoms with Gasteiger partial charge in [-0.25, -0.2) is 0 Å². The Bertz CT molecular complexity index is 789. The van der Waals surface area contributed by atoms with E-state index in [4.69, 9.17) is 8.85 Å². The lowest BCUT2D eigenvalue weighted by Crippen LogP contribution is -2.53. The van der Waals surface area contributed by atoms with Crippen LogP contribution in [-0.4, -0.2) is 29.8 Å². The highest BCUT2D eigenvalue weighted by Crippen LogP contribution is 2.63. The molecule has 0 aromatic heterocycles. The number of hydrogen-bond donors (Lipinski definition) is 0. The minimum atomic E-state index is -1.80. The molecule has 0 heterocycles. The first-order valence-corrected chi connectivity index (χ1v) is 21.0. The van der Waals surface area contributed by atoms with Gasteiger partial charge in [0.2, 0.25) is 0 Å². The van der Waals surface area contributed by atoms with Crippen molar-refractivity contribution in [1.29, 1.82) is 0 Å². The summed E-state index contributed by atoms with van der Waals surface area (Å²) in [6.45, 7) is 35.8. The largest absolute Gasteiger partial charge is 0.417 e. The molecule has 0 bridgehead atoms. The molecule has 0 aromatic carbocycles. The first kappa shape index (κ1) is 30.6. The summed E-state index contributed by atoms with van der Waals surface area (Å²) >= 11 is 0. The molecule has 0 radical (unpaired) electrons. The van der Waals surface area contributed by atoms with Crippen molar-refractivity contribution in [1.82, 2.24) is 0 Å². The van der Waals surface area contributed by atoms with Gasteiger partial charge in [0.25, 0.3) is 0 Å². The number of rotatable bonds is 7. The summed E-state index contributed by atoms with van der Waals surface area (Å²) in [7, 11) is -3.55. The van der Waals surface area contributed by atoms with Gasteiger partial charge >= 0.3 is 0 Å². The second-order valence-electron chi connectivity index (χ2n) is 16.6. The van der Waals surface area contributed by atoms with Gasteiger partial charge < -0.3 is 8.85 Å². The van der Waals surface area contributed by atoms with E-state index in [9.17, 15) is 0 Å². The summed E-state index contributed by atoms with van der Waals surface area (Å²) in [6.07, 6.45) is 10.7. The van der Waals surface area contributed by atoms with Crippen molar-refractivity contribution in [2.45, 2.75) is 143 Å². The zero-order chi connectivity index (χ0) is 27.4. The summed E-state index contributed by atoms with van der Waals surface area (Å²) in [6, 6.07) is 0. The van der Waals surface area contributed by atoms with E-state index in [1.165, 1.54) is 56.9 Å². The van der Waals surface area contributed by atoms with Crippen molar-refractivity contribution < 1.29 is 8.85 Å². The standard InChI is InChI=1S/C32H62O2Si2/c1-24-17-18-27-26(23-34-36(12,13)30(5,6)7)28(19-21-31(24,27)8)32(9)20-15-14-16-25(32)22-33-35(10,11)29(2,3)4/h25-28H,1,14-23H2,2-13H3/t25-,26+,27+,28+,31-,32+/m1/s1. The summed E-state index contributed by atoms with van der Waals surface area (Å²) in [5.41, 5.74) is 2.19. The third-order valence-corrected chi connectivity index (χ3v) is 21.6. The molecule has 3 aliphatic rings. The van der Waals surface area contributed by atoms with Gasteiger partial charge in [0.15, 0.2) is 16.6 Å². The Morgan fingerprint density at radius 2 is 1.33 bits per heavy atom. The number of fused-ring (bicyclic) bond motifs is 1. The Morgan fingerprint density at radius 1 is 0.778 bits per heavy atom. The van der Waals surface area contributed by atoms with E-state index in [1.807, 2.05) is 0 Å². The Kier molecular flexibility index (Phi) is 8.72. The van der Waals surface area contributed by atoms with Crippen LogP contribution in [0.25, 0.3) is 0 Å². The maximum absolute atomic E-state index is 7.07. The van der Waals surface area contributed by atoms with Crippen LogP contribution in [0.2, 0.25) is 36.3 Å². The molecule has 0 N–H and O–H groups in total. The Balaban J connectivity index is 1.90. The molecule has 3 aliphatic carbocycles. The Morgan fingerprint density at radius 3 is 1.89 bits per heavy atom. The first-order valence-electron chi connectivity index (χ1n) is 15.2. The van der Waals surface area contributed by atoms with Crippen LogP contribution in [-0.2, 0) is 8.85 Å². The zero-order valence-electron chi connectivity index (χ0n) is 26.4. The van der Waals surface area contributed by atoms with Crippen LogP contribution in [0.15, 0.2) is 12.2 Å². The van der Waals surface area contributed by atoms with Crippen LogP contribution in [0.1, 0.15) is 107 Å². The highest BCUT2D eigenvalue weighted by molar-refractivity contribution is 6.74. The van der Waals surface area contributed by atoms with Gasteiger partial charge in [-0.3, -0.25) is 0 Å². The zero-order valence-corrected chi connectivity index (χ0v) is 28.4. The van der Waals surface area contributed by atoms with Crippen molar-refractivity contribution in [2.24, 2.45) is 34.5 Å². The van der Waals surface area contributed by atoms with Gasteiger partial charge in [0.05, 0.1) is 0 Å². The van der Waals surface area contributed by atoms with Gasteiger partial charge in [0.1, 0.15) is 0 Å². The fraction of sp³-hybridized carbons (Fsp3) is 0.938. The molecule has 0 unspecified atom stereocenters. The van der Waals surface area contributed by atoms with Gasteiger partial charge in [-0.2, -0.15) is 0 Å². The van der Waals surface area contributed by atoms with Crippen LogP contribution < -0.4 is 0 Å². The van der Waals surface area contributed by atoms with Crippen molar-refractivity contribution in [3.8, 4) is 0 Å². The lowest BCUT2D eigenvalue weighted by Gasteiger charge is -2.57. The Hall–Kier alpha value is 0.0938. The minimum absolute atomic E-state index is 0.258. The molecule has 3 saturated carbocycles. The van der Waals surface area contributed by atoms with E-state index in [0.717, 1.165) is 25.0 Å². The monoisotopic (exact) mass is 534 g/mol. The summed E-state index contributed by atoms with van der Waals surface area (Å²) in [4.78, 5) is 0. The van der Waals surface area contributed by atoms with Crippen molar-refractivity contribution >= 4 is 16.6 Å². The average molecular weight is 535 g/mol.